The first-order valence-electron chi connectivity index (χ1n) is 8.70. The SMILES string of the molecule is COc1cc2c(cc1OC)[C@@H](CC(=O)N(N)C(=O)c1ccccc1)NCC2. The lowest BCUT2D eigenvalue weighted by atomic mass is 9.91. The van der Waals surface area contributed by atoms with E-state index >= 15 is 0 Å². The third-order valence-corrected chi connectivity index (χ3v) is 4.69. The molecule has 1 atom stereocenters. The summed E-state index contributed by atoms with van der Waals surface area (Å²) in [5.41, 5.74) is 2.41. The molecule has 2 aromatic rings. The van der Waals surface area contributed by atoms with Crippen LogP contribution in [0.4, 0.5) is 0 Å². The number of hydrazine groups is 1. The molecule has 3 N–H and O–H groups in total. The largest absolute Gasteiger partial charge is 0.493 e. The molecule has 7 heteroatoms. The predicted molar refractivity (Wildman–Crippen MR) is 100 cm³/mol. The van der Waals surface area contributed by atoms with Crippen LogP contribution < -0.4 is 20.6 Å². The van der Waals surface area contributed by atoms with E-state index in [-0.39, 0.29) is 12.5 Å². The van der Waals surface area contributed by atoms with E-state index in [2.05, 4.69) is 5.32 Å². The van der Waals surface area contributed by atoms with Crippen molar-refractivity contribution < 1.29 is 19.1 Å². The fourth-order valence-corrected chi connectivity index (χ4v) is 3.26. The summed E-state index contributed by atoms with van der Waals surface area (Å²) in [5.74, 6) is 6.07. The van der Waals surface area contributed by atoms with Gasteiger partial charge < -0.3 is 14.8 Å². The number of nitrogens with one attached hydrogen (secondary N) is 1. The van der Waals surface area contributed by atoms with Gasteiger partial charge in [0.25, 0.3) is 5.91 Å². The van der Waals surface area contributed by atoms with Crippen LogP contribution in [0.5, 0.6) is 11.5 Å². The normalized spacial score (nSPS) is 15.6. The molecule has 0 radical (unpaired) electrons. The number of hydrogen-bond donors (Lipinski definition) is 2. The number of fused-ring (bicyclic) bond motifs is 1. The minimum Gasteiger partial charge on any atom is -0.493 e. The van der Waals surface area contributed by atoms with Crippen LogP contribution >= 0.6 is 0 Å². The smallest absolute Gasteiger partial charge is 0.274 e. The van der Waals surface area contributed by atoms with Crippen LogP contribution in [0.3, 0.4) is 0 Å². The minimum absolute atomic E-state index is 0.0670. The summed E-state index contributed by atoms with van der Waals surface area (Å²) in [6.07, 6.45) is 0.882. The fraction of sp³-hybridized carbons (Fsp3) is 0.300. The molecule has 1 aliphatic heterocycles. The second-order valence-corrected chi connectivity index (χ2v) is 6.30. The predicted octanol–water partition coefficient (Wildman–Crippen LogP) is 1.82. The zero-order valence-corrected chi connectivity index (χ0v) is 15.4. The maximum absolute atomic E-state index is 12.6. The molecule has 7 nitrogen and oxygen atoms in total. The molecule has 1 aliphatic rings. The molecule has 0 aliphatic carbocycles. The number of ether oxygens (including phenoxy) is 2. The number of rotatable bonds is 5. The van der Waals surface area contributed by atoms with Crippen LogP contribution in [0.2, 0.25) is 0 Å². The third kappa shape index (κ3) is 3.94. The monoisotopic (exact) mass is 369 g/mol. The summed E-state index contributed by atoms with van der Waals surface area (Å²) in [6.45, 7) is 0.720. The van der Waals surface area contributed by atoms with E-state index in [9.17, 15) is 9.59 Å². The molecule has 3 rings (SSSR count). The first kappa shape index (κ1) is 18.9. The number of amides is 2. The lowest BCUT2D eigenvalue weighted by molar-refractivity contribution is -0.129. The number of carbonyl (C=O) groups excluding carboxylic acids is 2. The van der Waals surface area contributed by atoms with Gasteiger partial charge in [-0.2, -0.15) is 0 Å². The molecule has 1 heterocycles. The summed E-state index contributed by atoms with van der Waals surface area (Å²) >= 11 is 0. The molecule has 0 fully saturated rings. The molecule has 0 saturated carbocycles. The van der Waals surface area contributed by atoms with Crippen molar-refractivity contribution in [2.24, 2.45) is 5.84 Å². The second-order valence-electron chi connectivity index (χ2n) is 6.30. The van der Waals surface area contributed by atoms with Crippen molar-refractivity contribution in [2.45, 2.75) is 18.9 Å². The Morgan fingerprint density at radius 3 is 2.48 bits per heavy atom. The molecule has 2 amide bonds. The van der Waals surface area contributed by atoms with E-state index in [0.29, 0.717) is 22.1 Å². The van der Waals surface area contributed by atoms with E-state index < -0.39 is 11.8 Å². The van der Waals surface area contributed by atoms with E-state index in [1.165, 1.54) is 0 Å². The lowest BCUT2D eigenvalue weighted by Gasteiger charge is -2.28. The molecule has 2 aromatic carbocycles. The summed E-state index contributed by atoms with van der Waals surface area (Å²) in [7, 11) is 3.16. The second kappa shape index (κ2) is 8.20. The van der Waals surface area contributed by atoms with Crippen molar-refractivity contribution >= 4 is 11.8 Å². The van der Waals surface area contributed by atoms with E-state index in [0.717, 1.165) is 24.1 Å². The first-order chi connectivity index (χ1) is 13.0. The Hall–Kier alpha value is -2.90. The Morgan fingerprint density at radius 1 is 1.15 bits per heavy atom. The Kier molecular flexibility index (Phi) is 5.73. The highest BCUT2D eigenvalue weighted by molar-refractivity contribution is 6.04. The first-order valence-corrected chi connectivity index (χ1v) is 8.70. The van der Waals surface area contributed by atoms with Crippen molar-refractivity contribution in [3.63, 3.8) is 0 Å². The average Bonchev–Trinajstić information content (AvgIpc) is 2.72. The number of hydrogen-bond acceptors (Lipinski definition) is 6. The van der Waals surface area contributed by atoms with E-state index in [1.54, 1.807) is 44.6 Å². The summed E-state index contributed by atoms with van der Waals surface area (Å²) in [5, 5.41) is 4.00. The highest BCUT2D eigenvalue weighted by Crippen LogP contribution is 2.36. The van der Waals surface area contributed by atoms with Gasteiger partial charge in [0.15, 0.2) is 11.5 Å². The van der Waals surface area contributed by atoms with Crippen molar-refractivity contribution in [1.82, 2.24) is 10.3 Å². The van der Waals surface area contributed by atoms with E-state index in [1.807, 2.05) is 12.1 Å². The summed E-state index contributed by atoms with van der Waals surface area (Å²) in [6, 6.07) is 12.1. The maximum Gasteiger partial charge on any atom is 0.274 e. The van der Waals surface area contributed by atoms with Gasteiger partial charge >= 0.3 is 0 Å². The van der Waals surface area contributed by atoms with Crippen LogP contribution in [0.15, 0.2) is 42.5 Å². The van der Waals surface area contributed by atoms with Gasteiger partial charge in [0.05, 0.1) is 14.2 Å². The van der Waals surface area contributed by atoms with Gasteiger partial charge in [-0.25, -0.2) is 10.9 Å². The van der Waals surface area contributed by atoms with Crippen LogP contribution in [-0.2, 0) is 11.2 Å². The molecule has 0 aromatic heterocycles. The molecule has 0 spiro atoms. The number of benzene rings is 2. The van der Waals surface area contributed by atoms with Gasteiger partial charge in [-0.05, 0) is 48.4 Å². The number of imide groups is 1. The number of carbonyl (C=O) groups is 2. The zero-order chi connectivity index (χ0) is 19.4. The standard InChI is InChI=1S/C20H23N3O4/c1-26-17-10-14-8-9-22-16(15(14)11-18(17)27-2)12-19(24)23(21)20(25)13-6-4-3-5-7-13/h3-7,10-11,16,22H,8-9,12,21H2,1-2H3/t16-/m1/s1. The van der Waals surface area contributed by atoms with Crippen molar-refractivity contribution in [1.29, 1.82) is 0 Å². The Balaban J connectivity index is 1.79. The highest BCUT2D eigenvalue weighted by Gasteiger charge is 2.28. The van der Waals surface area contributed by atoms with Crippen LogP contribution in [0.25, 0.3) is 0 Å². The van der Waals surface area contributed by atoms with Gasteiger partial charge in [0.1, 0.15) is 0 Å². The average molecular weight is 369 g/mol. The molecule has 0 unspecified atom stereocenters. The summed E-state index contributed by atoms with van der Waals surface area (Å²) < 4.78 is 10.7. The fourth-order valence-electron chi connectivity index (χ4n) is 3.26. The van der Waals surface area contributed by atoms with Gasteiger partial charge in [-0.15, -0.1) is 0 Å². The zero-order valence-electron chi connectivity index (χ0n) is 15.4. The van der Waals surface area contributed by atoms with Crippen LogP contribution in [-0.4, -0.2) is 37.6 Å². The topological polar surface area (TPSA) is 93.9 Å². The molecule has 142 valence electrons. The van der Waals surface area contributed by atoms with Crippen LogP contribution in [0.1, 0.15) is 33.9 Å². The lowest BCUT2D eigenvalue weighted by Crippen LogP contribution is -2.44. The van der Waals surface area contributed by atoms with Gasteiger partial charge in [-0.3, -0.25) is 9.59 Å². The summed E-state index contributed by atoms with van der Waals surface area (Å²) in [4.78, 5) is 25.0. The minimum atomic E-state index is -0.524. The number of methoxy groups -OCH3 is 2. The third-order valence-electron chi connectivity index (χ3n) is 4.69. The quantitative estimate of drug-likeness (QED) is 0.474. The molecular formula is C20H23N3O4. The molecule has 27 heavy (non-hydrogen) atoms. The Morgan fingerprint density at radius 2 is 1.81 bits per heavy atom. The Labute approximate surface area is 158 Å². The number of nitrogens with zero attached hydrogens (tertiary/aromatic N) is 1. The van der Waals surface area contributed by atoms with Crippen molar-refractivity contribution in [2.75, 3.05) is 20.8 Å². The van der Waals surface area contributed by atoms with Gasteiger partial charge in [0, 0.05) is 18.0 Å². The van der Waals surface area contributed by atoms with Crippen LogP contribution in [0, 0.1) is 0 Å². The molecule has 0 saturated heterocycles. The van der Waals surface area contributed by atoms with Crippen molar-refractivity contribution in [3.05, 3.63) is 59.2 Å². The molecule has 0 bridgehead atoms. The maximum atomic E-state index is 12.6. The molecular weight excluding hydrogens is 346 g/mol. The van der Waals surface area contributed by atoms with Crippen molar-refractivity contribution in [3.8, 4) is 11.5 Å². The van der Waals surface area contributed by atoms with Gasteiger partial charge in [0.2, 0.25) is 5.91 Å². The van der Waals surface area contributed by atoms with Gasteiger partial charge in [-0.1, -0.05) is 18.2 Å². The number of nitrogens with two attached hydrogens (primary N) is 1. The Bertz CT molecular complexity index is 839. The highest BCUT2D eigenvalue weighted by atomic mass is 16.5. The van der Waals surface area contributed by atoms with E-state index in [4.69, 9.17) is 15.3 Å².